The van der Waals surface area contributed by atoms with E-state index in [9.17, 15) is 4.79 Å². The number of likely N-dealkylation sites (N-methyl/N-ethyl adjacent to an activating group) is 1. The van der Waals surface area contributed by atoms with Gasteiger partial charge in [0.2, 0.25) is 5.95 Å². The Bertz CT molecular complexity index is 1160. The van der Waals surface area contributed by atoms with E-state index in [1.807, 2.05) is 58.2 Å². The van der Waals surface area contributed by atoms with Gasteiger partial charge >= 0.3 is 6.09 Å². The van der Waals surface area contributed by atoms with Gasteiger partial charge in [0.05, 0.1) is 17.6 Å². The van der Waals surface area contributed by atoms with Crippen molar-refractivity contribution < 1.29 is 9.53 Å². The van der Waals surface area contributed by atoms with Crippen LogP contribution in [0.15, 0.2) is 42.5 Å². The number of carbonyl (C=O) groups excluding carboxylic acids is 1. The van der Waals surface area contributed by atoms with Crippen LogP contribution in [0.2, 0.25) is 10.0 Å². The summed E-state index contributed by atoms with van der Waals surface area (Å²) in [4.78, 5) is 21.6. The summed E-state index contributed by atoms with van der Waals surface area (Å²) in [5, 5.41) is 1.24. The van der Waals surface area contributed by atoms with Gasteiger partial charge in [0.15, 0.2) is 0 Å². The SMILES string of the molecule is CN(c1nc2ccccc2n1Cc1ccc(Cl)cc1Cl)C1CCCN(C(=O)OC(C)(C)C)C1. The first-order valence-corrected chi connectivity index (χ1v) is 12.0. The molecule has 0 spiro atoms. The highest BCUT2D eigenvalue weighted by Gasteiger charge is 2.31. The van der Waals surface area contributed by atoms with Crippen LogP contribution in [0, 0.1) is 0 Å². The van der Waals surface area contributed by atoms with Crippen molar-refractivity contribution in [2.75, 3.05) is 25.0 Å². The molecule has 0 aliphatic carbocycles. The van der Waals surface area contributed by atoms with Crippen LogP contribution < -0.4 is 4.90 Å². The molecule has 33 heavy (non-hydrogen) atoms. The molecule has 0 saturated carbocycles. The zero-order chi connectivity index (χ0) is 23.8. The van der Waals surface area contributed by atoms with Crippen molar-refractivity contribution in [3.8, 4) is 0 Å². The van der Waals surface area contributed by atoms with Gasteiger partial charge in [-0.15, -0.1) is 0 Å². The van der Waals surface area contributed by atoms with Gasteiger partial charge in [0.1, 0.15) is 5.60 Å². The number of halogens is 2. The molecular weight excluding hydrogens is 459 g/mol. The fraction of sp³-hybridized carbons (Fsp3) is 0.440. The summed E-state index contributed by atoms with van der Waals surface area (Å²) in [6, 6.07) is 13.8. The topological polar surface area (TPSA) is 50.6 Å². The van der Waals surface area contributed by atoms with Crippen LogP contribution in [0.25, 0.3) is 11.0 Å². The molecule has 0 radical (unpaired) electrons. The van der Waals surface area contributed by atoms with Crippen LogP contribution in [0.3, 0.4) is 0 Å². The number of amides is 1. The van der Waals surface area contributed by atoms with Gasteiger partial charge in [-0.3, -0.25) is 0 Å². The van der Waals surface area contributed by atoms with Crippen LogP contribution in [-0.4, -0.2) is 52.3 Å². The monoisotopic (exact) mass is 488 g/mol. The standard InChI is InChI=1S/C25H30Cl2N4O2/c1-25(2,3)33-24(32)30-13-7-8-19(16-30)29(4)23-28-21-9-5-6-10-22(21)31(23)15-17-11-12-18(26)14-20(17)27/h5-6,9-12,14,19H,7-8,13,15-16H2,1-4H3. The molecular formula is C25H30Cl2N4O2. The van der Waals surface area contributed by atoms with Crippen LogP contribution >= 0.6 is 23.2 Å². The molecule has 1 fully saturated rings. The van der Waals surface area contributed by atoms with Crippen molar-refractivity contribution in [2.45, 2.75) is 51.8 Å². The number of aromatic nitrogens is 2. The minimum Gasteiger partial charge on any atom is -0.444 e. The maximum atomic E-state index is 12.7. The minimum absolute atomic E-state index is 0.127. The van der Waals surface area contributed by atoms with E-state index in [2.05, 4.69) is 15.5 Å². The molecule has 0 N–H and O–H groups in total. The average Bonchev–Trinajstić information content (AvgIpc) is 3.12. The Morgan fingerprint density at radius 1 is 1.21 bits per heavy atom. The number of piperidine rings is 1. The molecule has 1 aliphatic rings. The normalized spacial score (nSPS) is 16.8. The van der Waals surface area contributed by atoms with E-state index >= 15 is 0 Å². The van der Waals surface area contributed by atoms with Crippen LogP contribution in [0.4, 0.5) is 10.7 Å². The Morgan fingerprint density at radius 3 is 2.70 bits per heavy atom. The Kier molecular flexibility index (Phi) is 6.78. The highest BCUT2D eigenvalue weighted by Crippen LogP contribution is 2.29. The lowest BCUT2D eigenvalue weighted by molar-refractivity contribution is 0.0199. The lowest BCUT2D eigenvalue weighted by Crippen LogP contribution is -2.50. The van der Waals surface area contributed by atoms with E-state index in [1.54, 1.807) is 11.0 Å². The van der Waals surface area contributed by atoms with Crippen LogP contribution in [0.5, 0.6) is 0 Å². The second-order valence-electron chi connectivity index (χ2n) is 9.56. The van der Waals surface area contributed by atoms with Crippen LogP contribution in [-0.2, 0) is 11.3 Å². The zero-order valence-electron chi connectivity index (χ0n) is 19.5. The number of likely N-dealkylation sites (tertiary alicyclic amines) is 1. The summed E-state index contributed by atoms with van der Waals surface area (Å²) in [6.45, 7) is 7.54. The molecule has 6 nitrogen and oxygen atoms in total. The van der Waals surface area contributed by atoms with Crippen molar-refractivity contribution in [3.05, 3.63) is 58.1 Å². The van der Waals surface area contributed by atoms with E-state index < -0.39 is 5.60 Å². The summed E-state index contributed by atoms with van der Waals surface area (Å²) in [7, 11) is 2.05. The number of ether oxygens (including phenoxy) is 1. The van der Waals surface area contributed by atoms with Crippen molar-refractivity contribution in [2.24, 2.45) is 0 Å². The number of hydrogen-bond donors (Lipinski definition) is 0. The number of hydrogen-bond acceptors (Lipinski definition) is 4. The molecule has 1 atom stereocenters. The molecule has 1 saturated heterocycles. The largest absolute Gasteiger partial charge is 0.444 e. The van der Waals surface area contributed by atoms with Gasteiger partial charge in [-0.1, -0.05) is 41.4 Å². The van der Waals surface area contributed by atoms with Crippen LogP contribution in [0.1, 0.15) is 39.2 Å². The number of carbonyl (C=O) groups is 1. The number of para-hydroxylation sites is 2. The van der Waals surface area contributed by atoms with Crippen molar-refractivity contribution >= 4 is 46.3 Å². The van der Waals surface area contributed by atoms with E-state index in [0.29, 0.717) is 29.7 Å². The van der Waals surface area contributed by atoms with Crippen molar-refractivity contribution in [1.82, 2.24) is 14.5 Å². The van der Waals surface area contributed by atoms with E-state index in [-0.39, 0.29) is 12.1 Å². The molecule has 1 aromatic heterocycles. The maximum absolute atomic E-state index is 12.7. The Hall–Kier alpha value is -2.44. The van der Waals surface area contributed by atoms with E-state index in [0.717, 1.165) is 35.4 Å². The number of rotatable bonds is 4. The fourth-order valence-electron chi connectivity index (χ4n) is 4.23. The summed E-state index contributed by atoms with van der Waals surface area (Å²) >= 11 is 12.6. The van der Waals surface area contributed by atoms with E-state index in [1.165, 1.54) is 0 Å². The zero-order valence-corrected chi connectivity index (χ0v) is 21.0. The summed E-state index contributed by atoms with van der Waals surface area (Å²) in [5.41, 5.74) is 2.41. The molecule has 1 aliphatic heterocycles. The number of nitrogens with zero attached hydrogens (tertiary/aromatic N) is 4. The molecule has 8 heteroatoms. The second kappa shape index (κ2) is 9.43. The Balaban J connectivity index is 1.63. The van der Waals surface area contributed by atoms with Gasteiger partial charge in [-0.05, 0) is 63.4 Å². The number of fused-ring (bicyclic) bond motifs is 1. The highest BCUT2D eigenvalue weighted by molar-refractivity contribution is 6.35. The summed E-state index contributed by atoms with van der Waals surface area (Å²) < 4.78 is 7.78. The average molecular weight is 489 g/mol. The fourth-order valence-corrected chi connectivity index (χ4v) is 4.70. The first-order valence-electron chi connectivity index (χ1n) is 11.2. The minimum atomic E-state index is -0.512. The molecule has 1 unspecified atom stereocenters. The Morgan fingerprint density at radius 2 is 1.97 bits per heavy atom. The molecule has 4 rings (SSSR count). The second-order valence-corrected chi connectivity index (χ2v) is 10.4. The number of benzene rings is 2. The predicted octanol–water partition coefficient (Wildman–Crippen LogP) is 6.23. The van der Waals surface area contributed by atoms with Gasteiger partial charge in [-0.2, -0.15) is 0 Å². The lowest BCUT2D eigenvalue weighted by atomic mass is 10.1. The highest BCUT2D eigenvalue weighted by atomic mass is 35.5. The third-order valence-corrected chi connectivity index (χ3v) is 6.48. The molecule has 1 amide bonds. The molecule has 176 valence electrons. The first-order chi connectivity index (χ1) is 15.6. The molecule has 2 aromatic carbocycles. The third-order valence-electron chi connectivity index (χ3n) is 5.89. The van der Waals surface area contributed by atoms with Crippen molar-refractivity contribution in [3.63, 3.8) is 0 Å². The van der Waals surface area contributed by atoms with Gasteiger partial charge < -0.3 is 19.1 Å². The molecule has 3 aromatic rings. The van der Waals surface area contributed by atoms with Gasteiger partial charge in [0, 0.05) is 36.2 Å². The smallest absolute Gasteiger partial charge is 0.410 e. The van der Waals surface area contributed by atoms with Gasteiger partial charge in [0.25, 0.3) is 0 Å². The first kappa shape index (κ1) is 23.7. The maximum Gasteiger partial charge on any atom is 0.410 e. The third kappa shape index (κ3) is 5.39. The Labute approximate surface area is 205 Å². The lowest BCUT2D eigenvalue weighted by Gasteiger charge is -2.38. The number of imidazole rings is 1. The molecule has 2 heterocycles. The number of anilines is 1. The predicted molar refractivity (Wildman–Crippen MR) is 135 cm³/mol. The quantitative estimate of drug-likeness (QED) is 0.436. The van der Waals surface area contributed by atoms with Crippen molar-refractivity contribution in [1.29, 1.82) is 0 Å². The summed E-state index contributed by atoms with van der Waals surface area (Å²) in [6.07, 6.45) is 1.63. The molecule has 0 bridgehead atoms. The summed E-state index contributed by atoms with van der Waals surface area (Å²) in [5.74, 6) is 0.846. The van der Waals surface area contributed by atoms with Gasteiger partial charge in [-0.25, -0.2) is 9.78 Å². The van der Waals surface area contributed by atoms with E-state index in [4.69, 9.17) is 32.9 Å².